The molecular weight excluding hydrogens is 528 g/mol. The largest absolute Gasteiger partial charge is 0.493 e. The summed E-state index contributed by atoms with van der Waals surface area (Å²) in [5.74, 6) is 0.00179. The molecule has 0 unspecified atom stereocenters. The number of aromatic nitrogens is 1. The van der Waals surface area contributed by atoms with Gasteiger partial charge >= 0.3 is 0 Å². The van der Waals surface area contributed by atoms with Gasteiger partial charge in [0.2, 0.25) is 21.8 Å². The van der Waals surface area contributed by atoms with E-state index >= 15 is 0 Å². The minimum absolute atomic E-state index is 0.245. The Labute approximate surface area is 236 Å². The van der Waals surface area contributed by atoms with Crippen molar-refractivity contribution in [2.75, 3.05) is 43.1 Å². The van der Waals surface area contributed by atoms with E-state index in [0.717, 1.165) is 5.56 Å². The molecule has 9 nitrogen and oxygen atoms in total. The fraction of sp³-hybridized carbons (Fsp3) is 0.367. The maximum absolute atomic E-state index is 13.4. The number of fused-ring (bicyclic) bond motifs is 1. The lowest BCUT2D eigenvalue weighted by atomic mass is 9.90. The Bertz CT molecular complexity index is 1450. The average Bonchev–Trinajstić information content (AvgIpc) is 3.01. The summed E-state index contributed by atoms with van der Waals surface area (Å²) in [5, 5.41) is 0. The SMILES string of the molecule is CCN1C(=O)C(C)(C)C(=O)N(C)c2cc(OCCCN(CCc3cccnc3)S(=O)(=O)c3ccccc3)ccc21. The summed E-state index contributed by atoms with van der Waals surface area (Å²) in [7, 11) is -2.04. The van der Waals surface area contributed by atoms with Crippen molar-refractivity contribution >= 4 is 33.2 Å². The molecule has 1 aromatic heterocycles. The molecule has 10 heteroatoms. The quantitative estimate of drug-likeness (QED) is 0.256. The van der Waals surface area contributed by atoms with Crippen LogP contribution in [0.2, 0.25) is 0 Å². The van der Waals surface area contributed by atoms with Gasteiger partial charge in [-0.25, -0.2) is 8.42 Å². The van der Waals surface area contributed by atoms with Gasteiger partial charge in [0.25, 0.3) is 0 Å². The standard InChI is InChI=1S/C30H36N4O5S/c1-5-34-26-15-14-24(21-27(26)32(4)28(35)30(2,3)29(34)36)39-20-10-18-33(19-16-23-11-9-17-31-22-23)40(37,38)25-12-7-6-8-13-25/h6-9,11-15,17,21-22H,5,10,16,18-20H2,1-4H3. The molecule has 4 rings (SSSR count). The second kappa shape index (κ2) is 12.2. The van der Waals surface area contributed by atoms with Gasteiger partial charge in [-0.3, -0.25) is 14.6 Å². The van der Waals surface area contributed by atoms with Gasteiger partial charge in [0, 0.05) is 45.1 Å². The molecule has 40 heavy (non-hydrogen) atoms. The van der Waals surface area contributed by atoms with Crippen molar-refractivity contribution < 1.29 is 22.7 Å². The number of nitrogens with zero attached hydrogens (tertiary/aromatic N) is 4. The first-order valence-corrected chi connectivity index (χ1v) is 14.8. The fourth-order valence-electron chi connectivity index (χ4n) is 4.80. The molecule has 0 atom stereocenters. The fourth-order valence-corrected chi connectivity index (χ4v) is 6.30. The van der Waals surface area contributed by atoms with Crippen LogP contribution in [-0.2, 0) is 26.0 Å². The molecule has 0 spiro atoms. The van der Waals surface area contributed by atoms with Crippen LogP contribution in [0.1, 0.15) is 32.8 Å². The van der Waals surface area contributed by atoms with E-state index in [1.54, 1.807) is 86.7 Å². The first-order chi connectivity index (χ1) is 19.1. The number of amides is 2. The average molecular weight is 565 g/mol. The zero-order chi connectivity index (χ0) is 28.9. The smallest absolute Gasteiger partial charge is 0.243 e. The van der Waals surface area contributed by atoms with Gasteiger partial charge in [-0.2, -0.15) is 4.31 Å². The van der Waals surface area contributed by atoms with Gasteiger partial charge in [0.1, 0.15) is 11.2 Å². The van der Waals surface area contributed by atoms with Gasteiger partial charge < -0.3 is 14.5 Å². The van der Waals surface area contributed by atoms with E-state index < -0.39 is 15.4 Å². The maximum atomic E-state index is 13.4. The summed E-state index contributed by atoms with van der Waals surface area (Å²) >= 11 is 0. The van der Waals surface area contributed by atoms with E-state index in [2.05, 4.69) is 4.98 Å². The molecule has 1 aliphatic heterocycles. The van der Waals surface area contributed by atoms with E-state index in [0.29, 0.717) is 43.1 Å². The van der Waals surface area contributed by atoms with Crippen molar-refractivity contribution in [3.8, 4) is 5.75 Å². The van der Waals surface area contributed by atoms with Gasteiger partial charge in [0.05, 0.1) is 22.9 Å². The number of carbonyl (C=O) groups excluding carboxylic acids is 2. The third-order valence-electron chi connectivity index (χ3n) is 7.11. The highest BCUT2D eigenvalue weighted by molar-refractivity contribution is 7.89. The molecule has 2 aromatic carbocycles. The normalized spacial score (nSPS) is 15.2. The zero-order valence-electron chi connectivity index (χ0n) is 23.4. The Morgan fingerprint density at radius 2 is 1.70 bits per heavy atom. The Hall–Kier alpha value is -3.76. The van der Waals surface area contributed by atoms with E-state index in [1.165, 1.54) is 9.21 Å². The monoisotopic (exact) mass is 564 g/mol. The molecule has 212 valence electrons. The van der Waals surface area contributed by atoms with Crippen LogP contribution in [0.3, 0.4) is 0 Å². The summed E-state index contributed by atoms with van der Waals surface area (Å²) in [6, 6.07) is 17.5. The number of sulfonamides is 1. The number of hydrogen-bond donors (Lipinski definition) is 0. The van der Waals surface area contributed by atoms with Gasteiger partial charge in [-0.05, 0) is 69.5 Å². The van der Waals surface area contributed by atoms with Crippen molar-refractivity contribution in [3.63, 3.8) is 0 Å². The highest BCUT2D eigenvalue weighted by Crippen LogP contribution is 2.40. The molecule has 1 aliphatic rings. The molecule has 0 saturated heterocycles. The van der Waals surface area contributed by atoms with Crippen LogP contribution in [0.5, 0.6) is 5.75 Å². The summed E-state index contributed by atoms with van der Waals surface area (Å²) in [4.78, 5) is 33.7. The number of carbonyl (C=O) groups is 2. The highest BCUT2D eigenvalue weighted by Gasteiger charge is 2.45. The molecule has 0 bridgehead atoms. The lowest BCUT2D eigenvalue weighted by molar-refractivity contribution is -0.137. The molecule has 0 saturated carbocycles. The van der Waals surface area contributed by atoms with Crippen molar-refractivity contribution in [1.82, 2.24) is 9.29 Å². The van der Waals surface area contributed by atoms with E-state index in [9.17, 15) is 18.0 Å². The van der Waals surface area contributed by atoms with Crippen molar-refractivity contribution in [2.45, 2.75) is 38.5 Å². The predicted octanol–water partition coefficient (Wildman–Crippen LogP) is 4.14. The number of hydrogen-bond acceptors (Lipinski definition) is 6. The first kappa shape index (κ1) is 29.2. The van der Waals surface area contributed by atoms with Gasteiger partial charge in [0.15, 0.2) is 0 Å². The summed E-state index contributed by atoms with van der Waals surface area (Å²) in [5.41, 5.74) is 1.01. The van der Waals surface area contributed by atoms with Crippen molar-refractivity contribution in [2.24, 2.45) is 5.41 Å². The van der Waals surface area contributed by atoms with Crippen LogP contribution in [0.25, 0.3) is 0 Å². The van der Waals surface area contributed by atoms with Crippen LogP contribution in [0.15, 0.2) is 78.0 Å². The van der Waals surface area contributed by atoms with E-state index in [-0.39, 0.29) is 29.9 Å². The number of ether oxygens (including phenoxy) is 1. The molecule has 2 heterocycles. The van der Waals surface area contributed by atoms with E-state index in [4.69, 9.17) is 4.74 Å². The zero-order valence-corrected chi connectivity index (χ0v) is 24.2. The van der Waals surface area contributed by atoms with Crippen LogP contribution in [0.4, 0.5) is 11.4 Å². The predicted molar refractivity (Wildman–Crippen MR) is 155 cm³/mol. The van der Waals surface area contributed by atoms with E-state index in [1.807, 2.05) is 19.1 Å². The van der Waals surface area contributed by atoms with Crippen LogP contribution in [0, 0.1) is 5.41 Å². The molecule has 0 aliphatic carbocycles. The molecule has 0 radical (unpaired) electrons. The Balaban J connectivity index is 1.47. The lowest BCUT2D eigenvalue weighted by Crippen LogP contribution is -2.47. The van der Waals surface area contributed by atoms with Gasteiger partial charge in [-0.1, -0.05) is 24.3 Å². The molecule has 3 aromatic rings. The minimum Gasteiger partial charge on any atom is -0.493 e. The van der Waals surface area contributed by atoms with Crippen LogP contribution in [-0.4, -0.2) is 62.8 Å². The van der Waals surface area contributed by atoms with Crippen molar-refractivity contribution in [1.29, 1.82) is 0 Å². The Kier molecular flexibility index (Phi) is 8.90. The second-order valence-corrected chi connectivity index (χ2v) is 12.2. The lowest BCUT2D eigenvalue weighted by Gasteiger charge is -2.27. The topological polar surface area (TPSA) is 100 Å². The third-order valence-corrected chi connectivity index (χ3v) is 9.02. The third kappa shape index (κ3) is 6.03. The second-order valence-electron chi connectivity index (χ2n) is 10.2. The number of rotatable bonds is 11. The minimum atomic E-state index is -3.70. The van der Waals surface area contributed by atoms with Crippen LogP contribution >= 0.6 is 0 Å². The summed E-state index contributed by atoms with van der Waals surface area (Å²) in [6.07, 6.45) is 4.42. The Morgan fingerprint density at radius 3 is 2.38 bits per heavy atom. The first-order valence-electron chi connectivity index (χ1n) is 13.4. The molecular formula is C30H36N4O5S. The molecule has 2 amide bonds. The Morgan fingerprint density at radius 1 is 0.950 bits per heavy atom. The summed E-state index contributed by atoms with van der Waals surface area (Å²) < 4.78 is 34.3. The number of anilines is 2. The number of pyridine rings is 1. The summed E-state index contributed by atoms with van der Waals surface area (Å²) in [6.45, 7) is 6.45. The molecule has 0 fully saturated rings. The highest BCUT2D eigenvalue weighted by atomic mass is 32.2. The van der Waals surface area contributed by atoms with Gasteiger partial charge in [-0.15, -0.1) is 0 Å². The number of benzene rings is 2. The maximum Gasteiger partial charge on any atom is 0.243 e. The van der Waals surface area contributed by atoms with Crippen molar-refractivity contribution in [3.05, 3.63) is 78.6 Å². The molecule has 0 N–H and O–H groups in total. The van der Waals surface area contributed by atoms with Crippen LogP contribution < -0.4 is 14.5 Å².